The van der Waals surface area contributed by atoms with Gasteiger partial charge in [-0.1, -0.05) is 183 Å². The molecular weight excluding hydrogens is 889 g/mol. The summed E-state index contributed by atoms with van der Waals surface area (Å²) < 4.78 is 9.26. The number of anilines is 4. The van der Waals surface area contributed by atoms with Gasteiger partial charge in [-0.15, -0.1) is 0 Å². The zero-order valence-electron chi connectivity index (χ0n) is 46.0. The van der Waals surface area contributed by atoms with Crippen LogP contribution in [-0.2, 0) is 27.1 Å². The van der Waals surface area contributed by atoms with Crippen molar-refractivity contribution < 1.29 is 4.74 Å². The fourth-order valence-corrected chi connectivity index (χ4v) is 10.3. The maximum Gasteiger partial charge on any atom is 0.137 e. The van der Waals surface area contributed by atoms with Gasteiger partial charge in [-0.3, -0.25) is 4.57 Å². The molecule has 10 rings (SSSR count). The Hall–Kier alpha value is -7.11. The van der Waals surface area contributed by atoms with Crippen LogP contribution >= 0.6 is 0 Å². The van der Waals surface area contributed by atoms with E-state index in [0.717, 1.165) is 50.8 Å². The summed E-state index contributed by atoms with van der Waals surface area (Å²) in [4.78, 5) is 9.92. The summed E-state index contributed by atoms with van der Waals surface area (Å²) in [5.41, 5.74) is 18.2. The smallest absolute Gasteiger partial charge is 0.137 e. The normalized spacial score (nSPS) is 13.6. The standard InChI is InChI=1S/C68H74N4O/c1-64(2,3)47-31-32-69-62(40-47)72-59-30-27-44(45-33-48(65(4,5)6)38-49(34-45)66(7,8)9)37-58(59)57-29-28-55(42-61(57)72)73-54-24-19-23-53(41-54)70-43-71(52-21-17-16-18-22-52)63-56(25-20-26-60(63)70)46-35-50(67(10,11)12)39-51(36-46)68(13,14)15/h16-42H,43H2,1-15H3. The van der Waals surface area contributed by atoms with E-state index < -0.39 is 0 Å². The molecule has 0 atom stereocenters. The number of fused-ring (bicyclic) bond motifs is 4. The van der Waals surface area contributed by atoms with Gasteiger partial charge in [-0.25, -0.2) is 4.98 Å². The lowest BCUT2D eigenvalue weighted by Crippen LogP contribution is -2.24. The fraction of sp³-hybridized carbons (Fsp3) is 0.309. The van der Waals surface area contributed by atoms with E-state index in [2.05, 4.69) is 276 Å². The Bertz CT molecular complexity index is 3480. The number of hydrogen-bond donors (Lipinski definition) is 0. The molecule has 5 heteroatoms. The van der Waals surface area contributed by atoms with Crippen LogP contribution in [0.15, 0.2) is 164 Å². The quantitative estimate of drug-likeness (QED) is 0.159. The summed E-state index contributed by atoms with van der Waals surface area (Å²) in [6, 6.07) is 58.4. The van der Waals surface area contributed by atoms with Crippen molar-refractivity contribution >= 4 is 44.6 Å². The highest BCUT2D eigenvalue weighted by atomic mass is 16.5. The molecule has 0 N–H and O–H groups in total. The van der Waals surface area contributed by atoms with Gasteiger partial charge >= 0.3 is 0 Å². The van der Waals surface area contributed by atoms with Crippen molar-refractivity contribution in [2.45, 2.75) is 131 Å². The molecule has 73 heavy (non-hydrogen) atoms. The van der Waals surface area contributed by atoms with Gasteiger partial charge in [0.1, 0.15) is 24.0 Å². The third-order valence-corrected chi connectivity index (χ3v) is 14.8. The van der Waals surface area contributed by atoms with Crippen LogP contribution in [0.2, 0.25) is 0 Å². The molecular formula is C68H74N4O. The van der Waals surface area contributed by atoms with E-state index in [1.54, 1.807) is 0 Å². The van der Waals surface area contributed by atoms with E-state index in [4.69, 9.17) is 9.72 Å². The Balaban J connectivity index is 1.07. The van der Waals surface area contributed by atoms with Crippen LogP contribution < -0.4 is 14.5 Å². The van der Waals surface area contributed by atoms with Crippen LogP contribution in [-0.4, -0.2) is 16.2 Å². The molecule has 0 amide bonds. The lowest BCUT2D eigenvalue weighted by Gasteiger charge is -2.27. The molecule has 2 aromatic heterocycles. The predicted octanol–water partition coefficient (Wildman–Crippen LogP) is 19.0. The summed E-state index contributed by atoms with van der Waals surface area (Å²) in [5.74, 6) is 2.42. The van der Waals surface area contributed by atoms with Gasteiger partial charge in [0.2, 0.25) is 0 Å². The van der Waals surface area contributed by atoms with E-state index in [0.29, 0.717) is 6.67 Å². The minimum absolute atomic E-state index is 0.00566. The molecule has 9 aromatic rings. The van der Waals surface area contributed by atoms with Crippen LogP contribution in [0.1, 0.15) is 132 Å². The van der Waals surface area contributed by atoms with E-state index >= 15 is 0 Å². The summed E-state index contributed by atoms with van der Waals surface area (Å²) in [6.07, 6.45) is 1.95. The van der Waals surface area contributed by atoms with E-state index in [-0.39, 0.29) is 27.1 Å². The van der Waals surface area contributed by atoms with Crippen LogP contribution in [0.5, 0.6) is 11.5 Å². The lowest BCUT2D eigenvalue weighted by molar-refractivity contribution is 0.483. The largest absolute Gasteiger partial charge is 0.457 e. The summed E-state index contributed by atoms with van der Waals surface area (Å²) in [7, 11) is 0. The number of hydrogen-bond acceptors (Lipinski definition) is 4. The molecule has 7 aromatic carbocycles. The second kappa shape index (κ2) is 17.8. The minimum Gasteiger partial charge on any atom is -0.457 e. The molecule has 0 radical (unpaired) electrons. The first-order chi connectivity index (χ1) is 34.3. The van der Waals surface area contributed by atoms with Crippen molar-refractivity contribution in [2.24, 2.45) is 0 Å². The van der Waals surface area contributed by atoms with Crippen LogP contribution in [0.4, 0.5) is 22.7 Å². The summed E-state index contributed by atoms with van der Waals surface area (Å²) >= 11 is 0. The van der Waals surface area contributed by atoms with Gasteiger partial charge in [0.15, 0.2) is 0 Å². The number of para-hydroxylation sites is 2. The predicted molar refractivity (Wildman–Crippen MR) is 311 cm³/mol. The first kappa shape index (κ1) is 49.5. The molecule has 3 heterocycles. The van der Waals surface area contributed by atoms with E-state index in [1.807, 2.05) is 6.20 Å². The molecule has 1 aliphatic rings. The first-order valence-corrected chi connectivity index (χ1v) is 26.2. The third kappa shape index (κ3) is 9.67. The monoisotopic (exact) mass is 963 g/mol. The van der Waals surface area contributed by atoms with Gasteiger partial charge in [-0.2, -0.15) is 0 Å². The van der Waals surface area contributed by atoms with Crippen LogP contribution in [0.25, 0.3) is 49.9 Å². The molecule has 0 aliphatic carbocycles. The van der Waals surface area contributed by atoms with Crippen molar-refractivity contribution in [3.63, 3.8) is 0 Å². The first-order valence-electron chi connectivity index (χ1n) is 26.2. The highest BCUT2D eigenvalue weighted by Crippen LogP contribution is 2.51. The van der Waals surface area contributed by atoms with E-state index in [9.17, 15) is 0 Å². The number of pyridine rings is 1. The molecule has 0 saturated heterocycles. The van der Waals surface area contributed by atoms with Gasteiger partial charge < -0.3 is 14.5 Å². The third-order valence-electron chi connectivity index (χ3n) is 14.8. The average molecular weight is 963 g/mol. The highest BCUT2D eigenvalue weighted by Gasteiger charge is 2.32. The summed E-state index contributed by atoms with van der Waals surface area (Å²) in [5, 5.41) is 2.33. The maximum atomic E-state index is 6.94. The molecule has 0 unspecified atom stereocenters. The number of ether oxygens (including phenoxy) is 1. The Kier molecular flexibility index (Phi) is 12.1. The topological polar surface area (TPSA) is 33.5 Å². The van der Waals surface area contributed by atoms with Crippen LogP contribution in [0.3, 0.4) is 0 Å². The number of nitrogens with zero attached hydrogens (tertiary/aromatic N) is 4. The van der Waals surface area contributed by atoms with Crippen LogP contribution in [0, 0.1) is 0 Å². The molecule has 0 saturated carbocycles. The molecule has 0 spiro atoms. The van der Waals surface area contributed by atoms with Gasteiger partial charge in [0.05, 0.1) is 22.4 Å². The van der Waals surface area contributed by atoms with Gasteiger partial charge in [0, 0.05) is 46.0 Å². The molecule has 5 nitrogen and oxygen atoms in total. The Labute approximate surface area is 435 Å². The molecule has 0 fully saturated rings. The number of benzene rings is 7. The molecule has 0 bridgehead atoms. The number of rotatable bonds is 7. The average Bonchev–Trinajstić information content (AvgIpc) is 3.89. The van der Waals surface area contributed by atoms with Crippen molar-refractivity contribution in [2.75, 3.05) is 16.5 Å². The van der Waals surface area contributed by atoms with E-state index in [1.165, 1.54) is 61.1 Å². The van der Waals surface area contributed by atoms with Crippen molar-refractivity contribution in [1.29, 1.82) is 0 Å². The number of aromatic nitrogens is 2. The fourth-order valence-electron chi connectivity index (χ4n) is 10.3. The van der Waals surface area contributed by atoms with Crippen molar-refractivity contribution in [3.05, 3.63) is 192 Å². The molecule has 1 aliphatic heterocycles. The maximum absolute atomic E-state index is 6.94. The molecule has 372 valence electrons. The Morgan fingerprint density at radius 3 is 1.59 bits per heavy atom. The highest BCUT2D eigenvalue weighted by molar-refractivity contribution is 6.11. The van der Waals surface area contributed by atoms with Gasteiger partial charge in [0.25, 0.3) is 0 Å². The summed E-state index contributed by atoms with van der Waals surface area (Å²) in [6.45, 7) is 35.1. The zero-order chi connectivity index (χ0) is 52.0. The van der Waals surface area contributed by atoms with Crippen molar-refractivity contribution in [1.82, 2.24) is 9.55 Å². The Morgan fingerprint density at radius 2 is 0.973 bits per heavy atom. The zero-order valence-corrected chi connectivity index (χ0v) is 46.0. The second-order valence-electron chi connectivity index (χ2n) is 25.6. The second-order valence-corrected chi connectivity index (χ2v) is 25.6. The van der Waals surface area contributed by atoms with Crippen molar-refractivity contribution in [3.8, 4) is 39.6 Å². The van der Waals surface area contributed by atoms with Gasteiger partial charge in [-0.05, 0) is 138 Å². The Morgan fingerprint density at radius 1 is 0.397 bits per heavy atom. The SMILES string of the molecule is CC(C)(C)c1cc(-c2ccc3c(c2)c2ccc(Oc4cccc(N5CN(c6ccccc6)c6c(-c7cc(C(C)(C)C)cc(C(C)(C)C)c7)cccc65)c4)cc2n3-c2cc(C(C)(C)C)ccn2)cc(C(C)(C)C)c1. The minimum atomic E-state index is -0.0472. The lowest BCUT2D eigenvalue weighted by atomic mass is 9.78.